The van der Waals surface area contributed by atoms with E-state index in [1.165, 1.54) is 37.7 Å². The van der Waals surface area contributed by atoms with Crippen LogP contribution < -0.4 is 12.4 Å². The maximum absolute atomic E-state index is 3.25. The van der Waals surface area contributed by atoms with E-state index in [-0.39, 0.29) is 35.5 Å². The largest absolute Gasteiger partial charge is 2.00 e. The number of hydrogen-bond acceptors (Lipinski definition) is 0. The summed E-state index contributed by atoms with van der Waals surface area (Å²) in [5.74, 6) is 0. The molecule has 0 aliphatic heterocycles. The summed E-state index contributed by atoms with van der Waals surface area (Å²) in [6.45, 7) is 2.24. The molecule has 74 valence electrons. The summed E-state index contributed by atoms with van der Waals surface area (Å²) < 4.78 is 0. The van der Waals surface area contributed by atoms with Crippen LogP contribution in [0.25, 0.3) is 0 Å². The Morgan fingerprint density at radius 1 is 1.14 bits per heavy atom. The molecule has 0 spiro atoms. The second-order valence-corrected chi connectivity index (χ2v) is 3.20. The molecule has 0 nitrogen and oxygen atoms in total. The molecular weight excluding hydrogens is 204 g/mol. The minimum atomic E-state index is 0. The van der Waals surface area contributed by atoms with Gasteiger partial charge in [0, 0.05) is 0 Å². The summed E-state index contributed by atoms with van der Waals surface area (Å²) in [5.41, 5.74) is 1.36. The number of aryl methyl sites for hydroxylation is 1. The van der Waals surface area contributed by atoms with E-state index < -0.39 is 0 Å². The van der Waals surface area contributed by atoms with E-state index in [1.54, 1.807) is 0 Å². The molecule has 0 aliphatic carbocycles. The van der Waals surface area contributed by atoms with Crippen LogP contribution in [0.1, 0.15) is 38.2 Å². The topological polar surface area (TPSA) is 0 Å². The van der Waals surface area contributed by atoms with Gasteiger partial charge >= 0.3 is 23.1 Å². The van der Waals surface area contributed by atoms with Crippen molar-refractivity contribution in [2.45, 2.75) is 39.0 Å². The van der Waals surface area contributed by atoms with Crippen molar-refractivity contribution in [2.75, 3.05) is 0 Å². The third-order valence-electron chi connectivity index (χ3n) is 2.07. The van der Waals surface area contributed by atoms with Gasteiger partial charge in [0.2, 0.25) is 0 Å². The Balaban J connectivity index is 0. The fourth-order valence-electron chi connectivity index (χ4n) is 1.33. The first kappa shape index (κ1) is 16.7. The molecule has 0 saturated carbocycles. The Morgan fingerprint density at radius 3 is 2.50 bits per heavy atom. The van der Waals surface area contributed by atoms with Gasteiger partial charge < -0.3 is 12.4 Å². The van der Waals surface area contributed by atoms with E-state index in [9.17, 15) is 0 Å². The normalized spacial score (nSPS) is 8.64. The van der Waals surface area contributed by atoms with Gasteiger partial charge in [-0.05, 0) is 0 Å². The number of halogens is 1. The van der Waals surface area contributed by atoms with Crippen molar-refractivity contribution in [3.05, 3.63) is 35.9 Å². The zero-order valence-electron chi connectivity index (χ0n) is 8.93. The molecule has 1 rings (SSSR count). The summed E-state index contributed by atoms with van der Waals surface area (Å²) >= 11 is 0. The van der Waals surface area contributed by atoms with Crippen molar-refractivity contribution in [2.24, 2.45) is 0 Å². The number of rotatable bonds is 5. The Kier molecular flexibility index (Phi) is 13.5. The molecule has 0 aliphatic rings. The molecule has 0 fully saturated rings. The standard InChI is InChI=1S/C12H17.ClH.Mg/c1-2-3-4-6-9-12-10-7-5-8-11-12;;/h5,7-8,10H,2-4,6,9H2,1H3;1H;/q-1;;+2/p-1. The third-order valence-corrected chi connectivity index (χ3v) is 2.07. The Hall–Kier alpha value is 0.276. The van der Waals surface area contributed by atoms with Gasteiger partial charge in [-0.3, -0.25) is 0 Å². The summed E-state index contributed by atoms with van der Waals surface area (Å²) in [4.78, 5) is 0. The first-order valence-electron chi connectivity index (χ1n) is 4.89. The van der Waals surface area contributed by atoms with Gasteiger partial charge in [0.1, 0.15) is 0 Å². The van der Waals surface area contributed by atoms with Crippen molar-refractivity contribution in [3.63, 3.8) is 0 Å². The van der Waals surface area contributed by atoms with Crippen LogP contribution in [0.3, 0.4) is 0 Å². The molecule has 0 saturated heterocycles. The van der Waals surface area contributed by atoms with Gasteiger partial charge in [0.05, 0.1) is 0 Å². The zero-order chi connectivity index (χ0) is 8.65. The molecule has 0 aromatic heterocycles. The fraction of sp³-hybridized carbons (Fsp3) is 0.500. The third kappa shape index (κ3) is 7.66. The van der Waals surface area contributed by atoms with Gasteiger partial charge in [-0.25, -0.2) is 0 Å². The Labute approximate surface area is 110 Å². The second kappa shape index (κ2) is 11.4. The number of hydrogen-bond donors (Lipinski definition) is 0. The van der Waals surface area contributed by atoms with Crippen LogP contribution in [0.4, 0.5) is 0 Å². The van der Waals surface area contributed by atoms with Crippen LogP contribution in [0.15, 0.2) is 24.3 Å². The van der Waals surface area contributed by atoms with E-state index in [1.807, 2.05) is 12.1 Å². The quantitative estimate of drug-likeness (QED) is 0.379. The molecule has 0 atom stereocenters. The van der Waals surface area contributed by atoms with E-state index in [0.717, 1.165) is 0 Å². The minimum Gasteiger partial charge on any atom is -1.00 e. The predicted molar refractivity (Wildman–Crippen MR) is 58.9 cm³/mol. The molecule has 14 heavy (non-hydrogen) atoms. The van der Waals surface area contributed by atoms with Crippen molar-refractivity contribution >= 4 is 23.1 Å². The van der Waals surface area contributed by atoms with Crippen LogP contribution in [0.5, 0.6) is 0 Å². The first-order chi connectivity index (χ1) is 5.93. The van der Waals surface area contributed by atoms with Crippen molar-refractivity contribution in [3.8, 4) is 0 Å². The maximum Gasteiger partial charge on any atom is 2.00 e. The van der Waals surface area contributed by atoms with Gasteiger partial charge in [0.15, 0.2) is 0 Å². The Morgan fingerprint density at radius 2 is 1.93 bits per heavy atom. The van der Waals surface area contributed by atoms with Gasteiger partial charge in [-0.15, -0.1) is 0 Å². The molecule has 1 aromatic carbocycles. The number of unbranched alkanes of at least 4 members (excludes halogenated alkanes) is 3. The molecule has 1 aromatic rings. The first-order valence-corrected chi connectivity index (χ1v) is 4.89. The SMILES string of the molecule is CCCCCCc1[c-]cccc1.[Cl-].[Mg+2]. The predicted octanol–water partition coefficient (Wildman–Crippen LogP) is 0.233. The minimum absolute atomic E-state index is 0. The summed E-state index contributed by atoms with van der Waals surface area (Å²) in [6, 6.07) is 11.5. The summed E-state index contributed by atoms with van der Waals surface area (Å²) in [6.07, 6.45) is 6.56. The Bertz CT molecular complexity index is 199. The maximum atomic E-state index is 3.25. The van der Waals surface area contributed by atoms with E-state index in [2.05, 4.69) is 25.1 Å². The van der Waals surface area contributed by atoms with Crippen LogP contribution in [0.2, 0.25) is 0 Å². The zero-order valence-corrected chi connectivity index (χ0v) is 11.1. The van der Waals surface area contributed by atoms with Gasteiger partial charge in [0.25, 0.3) is 0 Å². The van der Waals surface area contributed by atoms with Crippen LogP contribution >= 0.6 is 0 Å². The van der Waals surface area contributed by atoms with Crippen LogP contribution in [0, 0.1) is 6.07 Å². The van der Waals surface area contributed by atoms with Crippen LogP contribution in [-0.4, -0.2) is 23.1 Å². The molecule has 0 heterocycles. The second-order valence-electron chi connectivity index (χ2n) is 3.20. The fourth-order valence-corrected chi connectivity index (χ4v) is 1.33. The number of benzene rings is 1. The van der Waals surface area contributed by atoms with E-state index in [4.69, 9.17) is 0 Å². The molecule has 0 radical (unpaired) electrons. The molecule has 0 N–H and O–H groups in total. The summed E-state index contributed by atoms with van der Waals surface area (Å²) in [7, 11) is 0. The molecule has 0 amide bonds. The molecule has 0 unspecified atom stereocenters. The smallest absolute Gasteiger partial charge is 1.00 e. The molecule has 2 heteroatoms. The van der Waals surface area contributed by atoms with Crippen LogP contribution in [-0.2, 0) is 6.42 Å². The molecule has 0 bridgehead atoms. The van der Waals surface area contributed by atoms with Gasteiger partial charge in [-0.1, -0.05) is 39.0 Å². The van der Waals surface area contributed by atoms with Gasteiger partial charge in [-0.2, -0.15) is 35.9 Å². The molecular formula is C12H17ClMg. The average Bonchev–Trinajstić information content (AvgIpc) is 2.14. The van der Waals surface area contributed by atoms with Crippen molar-refractivity contribution in [1.82, 2.24) is 0 Å². The van der Waals surface area contributed by atoms with E-state index >= 15 is 0 Å². The average molecular weight is 221 g/mol. The summed E-state index contributed by atoms with van der Waals surface area (Å²) in [5, 5.41) is 0. The van der Waals surface area contributed by atoms with E-state index in [0.29, 0.717) is 0 Å². The van der Waals surface area contributed by atoms with Crippen molar-refractivity contribution < 1.29 is 12.4 Å². The monoisotopic (exact) mass is 220 g/mol. The van der Waals surface area contributed by atoms with Crippen molar-refractivity contribution in [1.29, 1.82) is 0 Å².